The van der Waals surface area contributed by atoms with Gasteiger partial charge >= 0.3 is 0 Å². The largest absolute Gasteiger partial charge is 0.467 e. The summed E-state index contributed by atoms with van der Waals surface area (Å²) in [5.41, 5.74) is 0.803. The Bertz CT molecular complexity index is 837. The lowest BCUT2D eigenvalue weighted by molar-refractivity contribution is 0.0949. The summed E-state index contributed by atoms with van der Waals surface area (Å²) in [7, 11) is 0. The van der Waals surface area contributed by atoms with Gasteiger partial charge in [-0.15, -0.1) is 0 Å². The first-order valence-electron chi connectivity index (χ1n) is 7.83. The van der Waals surface area contributed by atoms with E-state index in [1.54, 1.807) is 30.5 Å². The minimum Gasteiger partial charge on any atom is -0.467 e. The number of hydrogen-bond donors (Lipinski definition) is 2. The second-order valence-electron chi connectivity index (χ2n) is 5.30. The quantitative estimate of drug-likeness (QED) is 0.691. The van der Waals surface area contributed by atoms with Gasteiger partial charge in [-0.1, -0.05) is 18.2 Å². The molecule has 0 saturated carbocycles. The summed E-state index contributed by atoms with van der Waals surface area (Å²) < 4.78 is 18.8. The van der Waals surface area contributed by atoms with Gasteiger partial charge in [-0.3, -0.25) is 4.79 Å². The number of amides is 1. The molecule has 0 aliphatic rings. The number of carbonyl (C=O) groups excluding carboxylic acids is 1. The van der Waals surface area contributed by atoms with Crippen molar-refractivity contribution in [2.24, 2.45) is 0 Å². The lowest BCUT2D eigenvalue weighted by atomic mass is 10.1. The summed E-state index contributed by atoms with van der Waals surface area (Å²) in [6.07, 6.45) is 3.49. The maximum atomic E-state index is 13.5. The van der Waals surface area contributed by atoms with Gasteiger partial charge < -0.3 is 15.1 Å². The molecule has 0 unspecified atom stereocenters. The van der Waals surface area contributed by atoms with Crippen LogP contribution in [-0.4, -0.2) is 22.4 Å². The Morgan fingerprint density at radius 2 is 2.04 bits per heavy atom. The number of anilines is 1. The van der Waals surface area contributed by atoms with Crippen LogP contribution in [0.5, 0.6) is 0 Å². The first kappa shape index (κ1) is 16.6. The highest BCUT2D eigenvalue weighted by molar-refractivity contribution is 5.92. The molecule has 2 aromatic heterocycles. The lowest BCUT2D eigenvalue weighted by Crippen LogP contribution is -2.27. The highest BCUT2D eigenvalue weighted by Gasteiger charge is 2.09. The molecule has 0 bridgehead atoms. The van der Waals surface area contributed by atoms with E-state index in [2.05, 4.69) is 20.6 Å². The van der Waals surface area contributed by atoms with Crippen molar-refractivity contribution in [2.75, 3.05) is 11.9 Å². The van der Waals surface area contributed by atoms with E-state index in [9.17, 15) is 9.18 Å². The third-order valence-electron chi connectivity index (χ3n) is 3.53. The first-order valence-corrected chi connectivity index (χ1v) is 7.83. The molecular weight excluding hydrogens is 323 g/mol. The molecule has 2 heterocycles. The molecule has 1 aromatic carbocycles. The third kappa shape index (κ3) is 4.63. The summed E-state index contributed by atoms with van der Waals surface area (Å²) in [5.74, 6) is 0.462. The van der Waals surface area contributed by atoms with Crippen molar-refractivity contribution in [1.82, 2.24) is 15.3 Å². The fraction of sp³-hybridized carbons (Fsp3) is 0.167. The van der Waals surface area contributed by atoms with Gasteiger partial charge in [-0.25, -0.2) is 14.4 Å². The molecule has 3 rings (SSSR count). The van der Waals surface area contributed by atoms with Crippen molar-refractivity contribution in [2.45, 2.75) is 13.0 Å². The number of carbonyl (C=O) groups is 1. The molecule has 25 heavy (non-hydrogen) atoms. The van der Waals surface area contributed by atoms with E-state index in [1.165, 1.54) is 18.3 Å². The van der Waals surface area contributed by atoms with Crippen molar-refractivity contribution < 1.29 is 13.6 Å². The normalized spacial score (nSPS) is 10.4. The zero-order valence-electron chi connectivity index (χ0n) is 13.4. The van der Waals surface area contributed by atoms with E-state index < -0.39 is 0 Å². The fourth-order valence-corrected chi connectivity index (χ4v) is 2.25. The van der Waals surface area contributed by atoms with Gasteiger partial charge in [0.2, 0.25) is 5.95 Å². The molecule has 0 aliphatic heterocycles. The number of benzene rings is 1. The summed E-state index contributed by atoms with van der Waals surface area (Å²) in [4.78, 5) is 20.4. The Balaban J connectivity index is 1.53. The number of furan rings is 1. The highest BCUT2D eigenvalue weighted by Crippen LogP contribution is 2.07. The van der Waals surface area contributed by atoms with E-state index >= 15 is 0 Å². The molecule has 0 atom stereocenters. The van der Waals surface area contributed by atoms with Crippen LogP contribution in [0.3, 0.4) is 0 Å². The van der Waals surface area contributed by atoms with Crippen LogP contribution in [0.15, 0.2) is 59.3 Å². The maximum absolute atomic E-state index is 13.5. The van der Waals surface area contributed by atoms with Crippen molar-refractivity contribution in [3.8, 4) is 0 Å². The number of halogens is 1. The van der Waals surface area contributed by atoms with Crippen LogP contribution in [0.2, 0.25) is 0 Å². The zero-order valence-corrected chi connectivity index (χ0v) is 13.4. The second kappa shape index (κ2) is 8.05. The Labute approximate surface area is 144 Å². The van der Waals surface area contributed by atoms with Crippen LogP contribution in [-0.2, 0) is 13.0 Å². The van der Waals surface area contributed by atoms with Gasteiger partial charge in [0, 0.05) is 12.7 Å². The van der Waals surface area contributed by atoms with E-state index in [0.29, 0.717) is 31.0 Å². The SMILES string of the molecule is O=C(NCCc1ccccc1F)c1ccnc(NCc2ccco2)n1. The number of nitrogens with zero attached hydrogens (tertiary/aromatic N) is 2. The molecule has 0 spiro atoms. The van der Waals surface area contributed by atoms with Crippen LogP contribution >= 0.6 is 0 Å². The number of rotatable bonds is 7. The third-order valence-corrected chi connectivity index (χ3v) is 3.53. The molecule has 0 saturated heterocycles. The van der Waals surface area contributed by atoms with E-state index in [0.717, 1.165) is 5.76 Å². The molecule has 0 radical (unpaired) electrons. The summed E-state index contributed by atoms with van der Waals surface area (Å²) >= 11 is 0. The topological polar surface area (TPSA) is 80.0 Å². The van der Waals surface area contributed by atoms with Crippen molar-refractivity contribution >= 4 is 11.9 Å². The van der Waals surface area contributed by atoms with E-state index in [1.807, 2.05) is 6.07 Å². The Morgan fingerprint density at radius 3 is 2.84 bits per heavy atom. The number of aromatic nitrogens is 2. The minimum absolute atomic E-state index is 0.241. The predicted molar refractivity (Wildman–Crippen MR) is 90.5 cm³/mol. The minimum atomic E-state index is -0.334. The molecule has 128 valence electrons. The molecule has 0 aliphatic carbocycles. The van der Waals surface area contributed by atoms with Gasteiger partial charge in [-0.2, -0.15) is 0 Å². The molecule has 6 nitrogen and oxygen atoms in total. The predicted octanol–water partition coefficient (Wildman–Crippen LogP) is 2.79. The lowest BCUT2D eigenvalue weighted by Gasteiger charge is -2.07. The standard InChI is InChI=1S/C18H17FN4O2/c19-15-6-2-1-4-13(15)7-9-20-17(24)16-8-10-21-18(23-16)22-12-14-5-3-11-25-14/h1-6,8,10-11H,7,9,12H2,(H,20,24)(H,21,22,23). The van der Waals surface area contributed by atoms with Gasteiger partial charge in [0.25, 0.3) is 5.91 Å². The van der Waals surface area contributed by atoms with E-state index in [-0.39, 0.29) is 17.4 Å². The van der Waals surface area contributed by atoms with Crippen molar-refractivity contribution in [3.05, 3.63) is 77.8 Å². The van der Waals surface area contributed by atoms with Crippen LogP contribution in [0.1, 0.15) is 21.8 Å². The monoisotopic (exact) mass is 340 g/mol. The summed E-state index contributed by atoms with van der Waals surface area (Å²) in [6.45, 7) is 0.740. The van der Waals surface area contributed by atoms with Crippen LogP contribution in [0.4, 0.5) is 10.3 Å². The van der Waals surface area contributed by atoms with Crippen LogP contribution in [0, 0.1) is 5.82 Å². The fourth-order valence-electron chi connectivity index (χ4n) is 2.25. The Hall–Kier alpha value is -3.22. The molecule has 3 aromatic rings. The Morgan fingerprint density at radius 1 is 1.16 bits per heavy atom. The average Bonchev–Trinajstić information content (AvgIpc) is 3.15. The number of nitrogens with one attached hydrogen (secondary N) is 2. The van der Waals surface area contributed by atoms with Gasteiger partial charge in [-0.05, 0) is 36.2 Å². The van der Waals surface area contributed by atoms with Crippen LogP contribution in [0.25, 0.3) is 0 Å². The smallest absolute Gasteiger partial charge is 0.270 e. The van der Waals surface area contributed by atoms with Crippen molar-refractivity contribution in [3.63, 3.8) is 0 Å². The molecule has 1 amide bonds. The van der Waals surface area contributed by atoms with Crippen LogP contribution < -0.4 is 10.6 Å². The first-order chi connectivity index (χ1) is 12.2. The van der Waals surface area contributed by atoms with Crippen molar-refractivity contribution in [1.29, 1.82) is 0 Å². The average molecular weight is 340 g/mol. The summed E-state index contributed by atoms with van der Waals surface area (Å²) in [6, 6.07) is 11.6. The van der Waals surface area contributed by atoms with Gasteiger partial charge in [0.05, 0.1) is 12.8 Å². The highest BCUT2D eigenvalue weighted by atomic mass is 19.1. The Kier molecular flexibility index (Phi) is 5.36. The summed E-state index contributed by atoms with van der Waals surface area (Å²) in [5, 5.41) is 5.72. The molecular formula is C18H17FN4O2. The van der Waals surface area contributed by atoms with E-state index in [4.69, 9.17) is 4.42 Å². The number of hydrogen-bond acceptors (Lipinski definition) is 5. The second-order valence-corrected chi connectivity index (χ2v) is 5.30. The van der Waals surface area contributed by atoms with Gasteiger partial charge in [0.15, 0.2) is 0 Å². The molecule has 2 N–H and O–H groups in total. The zero-order chi connectivity index (χ0) is 17.5. The molecule has 7 heteroatoms. The molecule has 0 fully saturated rings. The van der Waals surface area contributed by atoms with Gasteiger partial charge in [0.1, 0.15) is 17.3 Å². The maximum Gasteiger partial charge on any atom is 0.270 e.